The topological polar surface area (TPSA) is 60.4 Å². The lowest BCUT2D eigenvalue weighted by Crippen LogP contribution is -2.17. The summed E-state index contributed by atoms with van der Waals surface area (Å²) in [5.41, 5.74) is 1.86. The third-order valence-electron chi connectivity index (χ3n) is 3.10. The number of rotatable bonds is 1. The molecule has 3 rings (SSSR count). The maximum Gasteiger partial charge on any atom is 0.336 e. The summed E-state index contributed by atoms with van der Waals surface area (Å²) in [5, 5.41) is 9.18. The fourth-order valence-electron chi connectivity index (χ4n) is 2.26. The van der Waals surface area contributed by atoms with E-state index in [-0.39, 0.29) is 18.0 Å². The first kappa shape index (κ1) is 13.9. The van der Waals surface area contributed by atoms with Crippen LogP contribution in [0.2, 0.25) is 0 Å². The van der Waals surface area contributed by atoms with Crippen molar-refractivity contribution in [2.24, 2.45) is 0 Å². The van der Waals surface area contributed by atoms with Crippen LogP contribution in [0.5, 0.6) is 0 Å². The number of carboxylic acid groups (broad SMARTS) is 1. The first-order valence-corrected chi connectivity index (χ1v) is 6.68. The average Bonchev–Trinajstić information content (AvgIpc) is 2.38. The Hall–Kier alpha value is -1.49. The van der Waals surface area contributed by atoms with Gasteiger partial charge in [-0.2, -0.15) is 0 Å². The third kappa shape index (κ3) is 2.23. The molecule has 2 aromatic rings. The fraction of sp³-hybridized carbons (Fsp3) is 0.0714. The smallest absolute Gasteiger partial charge is 0.336 e. The molecule has 0 spiro atoms. The molecule has 0 aliphatic carbocycles. The van der Waals surface area contributed by atoms with Gasteiger partial charge in [0, 0.05) is 28.7 Å². The minimum Gasteiger partial charge on any atom is -0.606 e. The normalized spacial score (nSPS) is 15.9. The van der Waals surface area contributed by atoms with Crippen LogP contribution < -0.4 is 0 Å². The van der Waals surface area contributed by atoms with E-state index in [0.29, 0.717) is 16.9 Å². The largest absolute Gasteiger partial charge is 0.606 e. The molecule has 0 radical (unpaired) electrons. The molecular formula is C14H11ClO3S. The van der Waals surface area contributed by atoms with Gasteiger partial charge in [-0.15, -0.1) is 12.4 Å². The molecule has 0 aromatic heterocycles. The molecule has 0 amide bonds. The second kappa shape index (κ2) is 5.25. The number of fused-ring (bicyclic) bond motifs is 2. The maximum absolute atomic E-state index is 12.4. The van der Waals surface area contributed by atoms with E-state index in [1.807, 2.05) is 24.3 Å². The lowest BCUT2D eigenvalue weighted by molar-refractivity contribution is 0.0695. The highest BCUT2D eigenvalue weighted by atomic mass is 35.5. The lowest BCUT2D eigenvalue weighted by Gasteiger charge is -2.22. The predicted molar refractivity (Wildman–Crippen MR) is 74.6 cm³/mol. The molecule has 1 aliphatic heterocycles. The van der Waals surface area contributed by atoms with E-state index >= 15 is 0 Å². The van der Waals surface area contributed by atoms with E-state index < -0.39 is 17.1 Å². The highest BCUT2D eigenvalue weighted by molar-refractivity contribution is 7.91. The van der Waals surface area contributed by atoms with Crippen LogP contribution in [0.25, 0.3) is 0 Å². The maximum atomic E-state index is 12.4. The van der Waals surface area contributed by atoms with Gasteiger partial charge in [-0.3, -0.25) is 0 Å². The molecule has 98 valence electrons. The second-order valence-electron chi connectivity index (χ2n) is 4.14. The number of benzene rings is 2. The van der Waals surface area contributed by atoms with E-state index in [1.54, 1.807) is 18.2 Å². The Kier molecular flexibility index (Phi) is 3.85. The van der Waals surface area contributed by atoms with E-state index in [4.69, 9.17) is 0 Å². The summed E-state index contributed by atoms with van der Waals surface area (Å²) >= 11 is -1.28. The minimum atomic E-state index is -1.28. The Bertz CT molecular complexity index is 642. The number of carboxylic acids is 1. The monoisotopic (exact) mass is 294 g/mol. The summed E-state index contributed by atoms with van der Waals surface area (Å²) in [6.07, 6.45) is 0.528. The van der Waals surface area contributed by atoms with Gasteiger partial charge in [0.25, 0.3) is 0 Å². The minimum absolute atomic E-state index is 0. The van der Waals surface area contributed by atoms with Crippen molar-refractivity contribution in [3.8, 4) is 0 Å². The Balaban J connectivity index is 0.00000133. The summed E-state index contributed by atoms with van der Waals surface area (Å²) in [7, 11) is 0. The molecule has 0 saturated heterocycles. The summed E-state index contributed by atoms with van der Waals surface area (Å²) in [5.74, 6) is -0.969. The molecule has 2 aromatic carbocycles. The molecule has 1 aliphatic rings. The van der Waals surface area contributed by atoms with E-state index in [0.717, 1.165) is 10.5 Å². The Morgan fingerprint density at radius 3 is 2.53 bits per heavy atom. The zero-order valence-corrected chi connectivity index (χ0v) is 11.5. The highest BCUT2D eigenvalue weighted by Crippen LogP contribution is 2.35. The Morgan fingerprint density at radius 1 is 1.11 bits per heavy atom. The summed E-state index contributed by atoms with van der Waals surface area (Å²) < 4.78 is 12.4. The van der Waals surface area contributed by atoms with Crippen molar-refractivity contribution in [2.75, 3.05) is 0 Å². The first-order valence-electron chi connectivity index (χ1n) is 5.53. The summed E-state index contributed by atoms with van der Waals surface area (Å²) in [6, 6.07) is 12.4. The Morgan fingerprint density at radius 2 is 1.79 bits per heavy atom. The van der Waals surface area contributed by atoms with Crippen LogP contribution in [0.3, 0.4) is 0 Å². The van der Waals surface area contributed by atoms with Gasteiger partial charge in [0.05, 0.1) is 5.56 Å². The molecular weight excluding hydrogens is 284 g/mol. The molecule has 1 unspecified atom stereocenters. The summed E-state index contributed by atoms with van der Waals surface area (Å²) in [4.78, 5) is 12.6. The molecule has 0 bridgehead atoms. The zero-order chi connectivity index (χ0) is 12.7. The van der Waals surface area contributed by atoms with Gasteiger partial charge in [0.15, 0.2) is 9.79 Å². The highest BCUT2D eigenvalue weighted by Gasteiger charge is 2.30. The van der Waals surface area contributed by atoms with Gasteiger partial charge in [0.2, 0.25) is 0 Å². The van der Waals surface area contributed by atoms with Crippen LogP contribution >= 0.6 is 12.4 Å². The average molecular weight is 295 g/mol. The van der Waals surface area contributed by atoms with Crippen molar-refractivity contribution in [2.45, 2.75) is 16.2 Å². The van der Waals surface area contributed by atoms with Gasteiger partial charge >= 0.3 is 5.97 Å². The van der Waals surface area contributed by atoms with Gasteiger partial charge in [-0.05, 0) is 18.2 Å². The molecule has 0 saturated carbocycles. The van der Waals surface area contributed by atoms with Crippen LogP contribution in [0.4, 0.5) is 0 Å². The SMILES string of the molecule is Cl.O=C(O)c1cccc2c1Cc1ccccc1[S+]2[O-]. The number of hydrogen-bond acceptors (Lipinski definition) is 2. The van der Waals surface area contributed by atoms with Crippen molar-refractivity contribution < 1.29 is 14.5 Å². The second-order valence-corrected chi connectivity index (χ2v) is 5.56. The fourth-order valence-corrected chi connectivity index (χ4v) is 3.69. The zero-order valence-electron chi connectivity index (χ0n) is 9.83. The first-order chi connectivity index (χ1) is 8.68. The van der Waals surface area contributed by atoms with Crippen molar-refractivity contribution in [3.63, 3.8) is 0 Å². The molecule has 1 atom stereocenters. The summed E-state index contributed by atoms with van der Waals surface area (Å²) in [6.45, 7) is 0. The van der Waals surface area contributed by atoms with Crippen LogP contribution in [0.1, 0.15) is 21.5 Å². The number of halogens is 1. The van der Waals surface area contributed by atoms with E-state index in [2.05, 4.69) is 0 Å². The van der Waals surface area contributed by atoms with Crippen LogP contribution in [0, 0.1) is 0 Å². The molecule has 0 fully saturated rings. The lowest BCUT2D eigenvalue weighted by atomic mass is 9.99. The van der Waals surface area contributed by atoms with Crippen LogP contribution in [-0.2, 0) is 17.6 Å². The number of aromatic carboxylic acids is 1. The molecule has 1 N–H and O–H groups in total. The van der Waals surface area contributed by atoms with Crippen molar-refractivity contribution >= 4 is 29.6 Å². The van der Waals surface area contributed by atoms with Gasteiger partial charge < -0.3 is 9.66 Å². The molecule has 5 heteroatoms. The standard InChI is InChI=1S/C14H10O3S.ClH/c15-14(16)10-5-3-7-13-11(10)8-9-4-1-2-6-12(9)18(13)17;/h1-7H,8H2,(H,15,16);1H. The Labute approximate surface area is 119 Å². The van der Waals surface area contributed by atoms with Crippen molar-refractivity contribution in [1.82, 2.24) is 0 Å². The van der Waals surface area contributed by atoms with Gasteiger partial charge in [-0.25, -0.2) is 4.79 Å². The van der Waals surface area contributed by atoms with Gasteiger partial charge in [-0.1, -0.05) is 24.3 Å². The van der Waals surface area contributed by atoms with E-state index in [1.165, 1.54) is 0 Å². The van der Waals surface area contributed by atoms with E-state index in [9.17, 15) is 14.5 Å². The number of carbonyl (C=O) groups is 1. The third-order valence-corrected chi connectivity index (χ3v) is 4.68. The van der Waals surface area contributed by atoms with Crippen molar-refractivity contribution in [3.05, 3.63) is 59.2 Å². The molecule has 19 heavy (non-hydrogen) atoms. The van der Waals surface area contributed by atoms with Gasteiger partial charge in [0.1, 0.15) is 0 Å². The van der Waals surface area contributed by atoms with Crippen molar-refractivity contribution in [1.29, 1.82) is 0 Å². The quantitative estimate of drug-likeness (QED) is 0.823. The molecule has 1 heterocycles. The van der Waals surface area contributed by atoms with Crippen LogP contribution in [-0.4, -0.2) is 15.6 Å². The number of hydrogen-bond donors (Lipinski definition) is 1. The molecule has 3 nitrogen and oxygen atoms in total. The van der Waals surface area contributed by atoms with Crippen LogP contribution in [0.15, 0.2) is 52.3 Å². The predicted octanol–water partition coefficient (Wildman–Crippen LogP) is 2.88.